The Morgan fingerprint density at radius 1 is 0.267 bits per heavy atom. The van der Waals surface area contributed by atoms with Crippen LogP contribution in [0.4, 0.5) is 0 Å². The van der Waals surface area contributed by atoms with Crippen LogP contribution in [0.3, 0.4) is 0 Å². The summed E-state index contributed by atoms with van der Waals surface area (Å²) in [7, 11) is 0. The van der Waals surface area contributed by atoms with E-state index >= 15 is 0 Å². The van der Waals surface area contributed by atoms with Crippen molar-refractivity contribution in [3.63, 3.8) is 0 Å². The smallest absolute Gasteiger partial charge is 0.187 e. The van der Waals surface area contributed by atoms with Gasteiger partial charge in [-0.1, -0.05) is 0 Å². The summed E-state index contributed by atoms with van der Waals surface area (Å²) in [6.07, 6.45) is -67.1. The van der Waals surface area contributed by atoms with Crippen molar-refractivity contribution in [1.29, 1.82) is 0 Å². The lowest BCUT2D eigenvalue weighted by Gasteiger charge is -2.50. The van der Waals surface area contributed by atoms with Crippen LogP contribution in [0, 0.1) is 0 Å². The fourth-order valence-corrected chi connectivity index (χ4v) is 12.1. The Labute approximate surface area is 486 Å². The second-order valence-corrected chi connectivity index (χ2v) is 22.1. The molecule has 2 aromatic rings. The Kier molecular flexibility index (Phi) is 21.5. The van der Waals surface area contributed by atoms with E-state index < -0.39 is 261 Å². The molecule has 0 spiro atoms. The summed E-state index contributed by atoms with van der Waals surface area (Å²) in [5.74, 6) is -1.07. The van der Waals surface area contributed by atoms with Crippen molar-refractivity contribution in [2.75, 3.05) is 39.6 Å². The first-order chi connectivity index (χ1) is 41.2. The van der Waals surface area contributed by atoms with Gasteiger partial charge in [-0.05, 0) is 24.3 Å². The Balaban J connectivity index is 0.973. The highest BCUT2D eigenvalue weighted by Gasteiger charge is 2.60. The molecule has 0 amide bonds. The number of ether oxygens (including phenoxy) is 14. The van der Waals surface area contributed by atoms with Gasteiger partial charge in [-0.2, -0.15) is 0 Å². The standard InChI is InChI=1S/C50H76N2O34/c53-7-15-36-23(60)30(67)45(74-15)81-38-17(9-55)76-47(32(69)25(38)62)83-40-19(11-57)78-49(34(71)27(40)64)86-43-28(65)35(72)50(85-42(43)21(13-3-1-5-51-13)14-4-2-6-52-14)84-41-20(12-58)77-48(33(70)26(41)63)82-39-18(10-56)75-46(31(68)24(39)61)80-37-16(8-54)73-44(79-36)29(66)22(37)59/h1-6,15-72H,7-12H2/t15-,16-,17-,18-,19-,20-,22-,23+,24-,25+,26-,27+,28-,29-,30+,31-,32+,33-,34+,35-,36-,37-,38-,39-,40-,41-,42-,43+,44-,45-,46-,47-,48-,49-,50+/m1/s1. The van der Waals surface area contributed by atoms with Gasteiger partial charge in [-0.3, -0.25) is 0 Å². The molecular formula is C50H76N2O34. The number of hydrogen-bond donors (Lipinski definition) is 22. The van der Waals surface area contributed by atoms with Crippen LogP contribution < -0.4 is 0 Å². The highest BCUT2D eigenvalue weighted by Crippen LogP contribution is 2.42. The zero-order valence-electron chi connectivity index (χ0n) is 45.2. The van der Waals surface area contributed by atoms with Gasteiger partial charge in [0, 0.05) is 23.8 Å². The maximum Gasteiger partial charge on any atom is 0.187 e. The number of H-pyrrole nitrogens is 2. The minimum absolute atomic E-state index is 0.374. The second-order valence-electron chi connectivity index (χ2n) is 22.1. The van der Waals surface area contributed by atoms with Crippen LogP contribution in [0.5, 0.6) is 0 Å². The Morgan fingerprint density at radius 2 is 0.465 bits per heavy atom. The SMILES string of the molecule is OC[C@H]1O[C@@H]2O[C@H]3[C@H](O)[C@@H](O)[C@@H](O[C@H]4[C@H](O)[C@@H](O)[C@@H](O[C@H]5[C@@H](O)[C@H](O)[C@@H](O[C@H]6[C@@H](O)[C@H](O)[C@@H](O[C@H]7[C@@H](O)[C@H](O)[C@@H](O[C@H]8[C@H](O)[C@@H](O)[C@@H](O[C@H]1[C@H](O)[C@H]2O)O[C@@H]8C(c1ccc[nH]1)c1ccc[nH]1)O[C@@H]7CO)O[C@@H]6CO)O[C@@H]5CO)O[C@@H]4CO)O[C@@H]3CO. The van der Waals surface area contributed by atoms with E-state index in [0.717, 1.165) is 0 Å². The van der Waals surface area contributed by atoms with Crippen LogP contribution in [0.25, 0.3) is 0 Å². The monoisotopic (exact) mass is 1250 g/mol. The molecule has 21 saturated heterocycles. The van der Waals surface area contributed by atoms with Gasteiger partial charge in [0.1, 0.15) is 171 Å². The van der Waals surface area contributed by atoms with Crippen molar-refractivity contribution in [3.05, 3.63) is 48.0 Å². The first-order valence-electron chi connectivity index (χ1n) is 27.8. The topological polar surface area (TPSA) is 565 Å². The number of aliphatic hydroxyl groups is 20. The van der Waals surface area contributed by atoms with E-state index in [2.05, 4.69) is 9.97 Å². The van der Waals surface area contributed by atoms with Crippen molar-refractivity contribution in [2.24, 2.45) is 0 Å². The summed E-state index contributed by atoms with van der Waals surface area (Å²) in [6.45, 7) is -6.26. The van der Waals surface area contributed by atoms with E-state index in [0.29, 0.717) is 11.4 Å². The van der Waals surface area contributed by atoms with Crippen LogP contribution in [-0.4, -0.2) is 367 Å². The van der Waals surface area contributed by atoms with Crippen LogP contribution in [0.2, 0.25) is 0 Å². The quantitative estimate of drug-likeness (QED) is 0.111. The lowest BCUT2D eigenvalue weighted by Crippen LogP contribution is -2.68. The van der Waals surface area contributed by atoms with E-state index in [1.807, 2.05) is 0 Å². The van der Waals surface area contributed by atoms with Crippen LogP contribution in [0.15, 0.2) is 36.7 Å². The van der Waals surface area contributed by atoms with Crippen LogP contribution >= 0.6 is 0 Å². The lowest BCUT2D eigenvalue weighted by molar-refractivity contribution is -0.396. The Hall–Kier alpha value is -2.80. The van der Waals surface area contributed by atoms with Gasteiger partial charge in [0.2, 0.25) is 0 Å². The van der Waals surface area contributed by atoms with Crippen LogP contribution in [-0.2, 0) is 66.3 Å². The molecule has 21 aliphatic rings. The van der Waals surface area contributed by atoms with Crippen molar-refractivity contribution < 1.29 is 168 Å². The van der Waals surface area contributed by atoms with Crippen molar-refractivity contribution in [2.45, 2.75) is 221 Å². The molecule has 0 aromatic carbocycles. The molecule has 0 unspecified atom stereocenters. The van der Waals surface area contributed by atoms with E-state index in [1.165, 1.54) is 0 Å². The number of aromatic amines is 2. The average Bonchev–Trinajstić information content (AvgIpc) is 1.60. The number of hydrogen-bond acceptors (Lipinski definition) is 34. The van der Waals surface area contributed by atoms with E-state index in [-0.39, 0.29) is 0 Å². The van der Waals surface area contributed by atoms with E-state index in [4.69, 9.17) is 66.3 Å². The normalized spacial score (nSPS) is 50.9. The molecule has 22 N–H and O–H groups in total. The minimum Gasteiger partial charge on any atom is -0.394 e. The molecular weight excluding hydrogens is 1170 g/mol. The van der Waals surface area contributed by atoms with Crippen molar-refractivity contribution in [1.82, 2.24) is 9.97 Å². The summed E-state index contributed by atoms with van der Waals surface area (Å²) in [5.41, 5.74) is 0.748. The molecule has 14 bridgehead atoms. The molecule has 36 heteroatoms. The molecule has 2 aromatic heterocycles. The predicted molar refractivity (Wildman–Crippen MR) is 265 cm³/mol. The summed E-state index contributed by atoms with van der Waals surface area (Å²) in [4.78, 5) is 6.08. The molecule has 35 atom stereocenters. The van der Waals surface area contributed by atoms with Gasteiger partial charge in [0.05, 0.1) is 45.6 Å². The molecule has 0 radical (unpaired) electrons. The molecule has 21 fully saturated rings. The van der Waals surface area contributed by atoms with Crippen molar-refractivity contribution >= 4 is 0 Å². The molecule has 21 aliphatic heterocycles. The van der Waals surface area contributed by atoms with Gasteiger partial charge in [-0.15, -0.1) is 0 Å². The van der Waals surface area contributed by atoms with Gasteiger partial charge >= 0.3 is 0 Å². The number of rotatable bonds is 9. The van der Waals surface area contributed by atoms with E-state index in [1.54, 1.807) is 36.7 Å². The highest BCUT2D eigenvalue weighted by atomic mass is 16.8. The molecule has 490 valence electrons. The molecule has 0 saturated carbocycles. The number of aliphatic hydroxyl groups excluding tert-OH is 20. The maximum atomic E-state index is 12.1. The average molecular weight is 1250 g/mol. The van der Waals surface area contributed by atoms with Crippen molar-refractivity contribution in [3.8, 4) is 0 Å². The predicted octanol–water partition coefficient (Wildman–Crippen LogP) is -12.7. The minimum atomic E-state index is -2.21. The molecule has 23 rings (SSSR count). The summed E-state index contributed by atoms with van der Waals surface area (Å²) in [5, 5.41) is 225. The highest BCUT2D eigenvalue weighted by molar-refractivity contribution is 5.27. The Morgan fingerprint density at radius 3 is 0.663 bits per heavy atom. The third-order valence-corrected chi connectivity index (χ3v) is 16.8. The largest absolute Gasteiger partial charge is 0.394 e. The molecule has 86 heavy (non-hydrogen) atoms. The van der Waals surface area contributed by atoms with Crippen LogP contribution in [0.1, 0.15) is 17.3 Å². The lowest BCUT2D eigenvalue weighted by atomic mass is 9.85. The second kappa shape index (κ2) is 28.0. The van der Waals surface area contributed by atoms with Gasteiger partial charge < -0.3 is 178 Å². The zero-order chi connectivity index (χ0) is 61.7. The van der Waals surface area contributed by atoms with Gasteiger partial charge in [0.25, 0.3) is 0 Å². The Bertz CT molecular complexity index is 2340. The summed E-state index contributed by atoms with van der Waals surface area (Å²) < 4.78 is 82.3. The maximum absolute atomic E-state index is 12.1. The first kappa shape index (κ1) is 66.1. The third-order valence-electron chi connectivity index (χ3n) is 16.8. The first-order valence-corrected chi connectivity index (χ1v) is 27.8. The zero-order valence-corrected chi connectivity index (χ0v) is 45.2. The fourth-order valence-electron chi connectivity index (χ4n) is 12.1. The fraction of sp³-hybridized carbons (Fsp3) is 0.840. The van der Waals surface area contributed by atoms with Gasteiger partial charge in [0.15, 0.2) is 44.0 Å². The summed E-state index contributed by atoms with van der Waals surface area (Å²) >= 11 is 0. The van der Waals surface area contributed by atoms with E-state index in [9.17, 15) is 102 Å². The number of nitrogens with one attached hydrogen (secondary N) is 2. The number of aromatic nitrogens is 2. The molecule has 23 heterocycles. The molecule has 36 nitrogen and oxygen atoms in total. The van der Waals surface area contributed by atoms with Gasteiger partial charge in [-0.25, -0.2) is 0 Å². The third kappa shape index (κ3) is 12.6. The molecule has 0 aliphatic carbocycles. The summed E-state index contributed by atoms with van der Waals surface area (Å²) in [6, 6.07) is 6.45.